The van der Waals surface area contributed by atoms with Crippen molar-refractivity contribution in [3.05, 3.63) is 11.4 Å². The first-order chi connectivity index (χ1) is 11.1. The van der Waals surface area contributed by atoms with Crippen LogP contribution in [0, 0.1) is 5.92 Å². The number of hydrogen-bond acceptors (Lipinski definition) is 9. The summed E-state index contributed by atoms with van der Waals surface area (Å²) < 4.78 is 10.5. The van der Waals surface area contributed by atoms with Crippen molar-refractivity contribution in [1.82, 2.24) is 36.2 Å². The largest absolute Gasteiger partial charge is 0.378 e. The van der Waals surface area contributed by atoms with E-state index in [0.717, 1.165) is 17.5 Å². The van der Waals surface area contributed by atoms with Crippen LogP contribution < -0.4 is 16.6 Å². The number of hydrogen-bond donors (Lipinski definition) is 3. The summed E-state index contributed by atoms with van der Waals surface area (Å²) in [6.07, 6.45) is 1.63. The van der Waals surface area contributed by atoms with Crippen LogP contribution in [0.25, 0.3) is 5.82 Å². The summed E-state index contributed by atoms with van der Waals surface area (Å²) in [6.45, 7) is 0.0323. The number of nitrogens with two attached hydrogens (primary N) is 1. The van der Waals surface area contributed by atoms with Crippen LogP contribution in [0.4, 0.5) is 5.82 Å². The first-order valence-electron chi connectivity index (χ1n) is 6.74. The predicted octanol–water partition coefficient (Wildman–Crippen LogP) is -1.45. The Bertz CT molecular complexity index is 734. The van der Waals surface area contributed by atoms with Gasteiger partial charge in [0.1, 0.15) is 5.69 Å². The topological polar surface area (TPSA) is 163 Å². The zero-order valence-electron chi connectivity index (χ0n) is 12.1. The molecule has 0 saturated heterocycles. The van der Waals surface area contributed by atoms with Gasteiger partial charge in [-0.3, -0.25) is 20.4 Å². The van der Waals surface area contributed by atoms with E-state index in [0.29, 0.717) is 0 Å². The second-order valence-electron chi connectivity index (χ2n) is 4.92. The molecule has 4 N–H and O–H groups in total. The molecule has 2 aromatic heterocycles. The number of aromatic nitrogens is 5. The van der Waals surface area contributed by atoms with Gasteiger partial charge in [-0.25, -0.2) is 4.63 Å². The number of nitrogens with zero attached hydrogens (tertiary/aromatic N) is 5. The Labute approximate surface area is 129 Å². The third-order valence-corrected chi connectivity index (χ3v) is 3.18. The number of methoxy groups -OCH3 is 1. The highest BCUT2D eigenvalue weighted by molar-refractivity contribution is 5.95. The molecule has 1 fully saturated rings. The molecule has 3 rings (SSSR count). The number of carbonyl (C=O) groups is 2. The van der Waals surface area contributed by atoms with Crippen molar-refractivity contribution in [2.24, 2.45) is 5.92 Å². The molecule has 0 bridgehead atoms. The Morgan fingerprint density at radius 1 is 1.39 bits per heavy atom. The van der Waals surface area contributed by atoms with Gasteiger partial charge in [0.05, 0.1) is 6.61 Å². The Morgan fingerprint density at radius 3 is 2.78 bits per heavy atom. The van der Waals surface area contributed by atoms with Gasteiger partial charge < -0.3 is 10.5 Å². The van der Waals surface area contributed by atoms with Gasteiger partial charge >= 0.3 is 0 Å². The number of anilines is 1. The van der Waals surface area contributed by atoms with Gasteiger partial charge in [-0.1, -0.05) is 5.21 Å². The van der Waals surface area contributed by atoms with Crippen molar-refractivity contribution in [3.63, 3.8) is 0 Å². The monoisotopic (exact) mass is 322 g/mol. The van der Waals surface area contributed by atoms with E-state index in [1.165, 1.54) is 7.11 Å². The molecule has 1 saturated carbocycles. The number of amides is 2. The van der Waals surface area contributed by atoms with Gasteiger partial charge in [0.25, 0.3) is 5.91 Å². The number of rotatable bonds is 5. The van der Waals surface area contributed by atoms with E-state index in [4.69, 9.17) is 10.5 Å². The van der Waals surface area contributed by atoms with E-state index in [1.807, 2.05) is 0 Å². The molecule has 2 aromatic rings. The highest BCUT2D eigenvalue weighted by Gasteiger charge is 2.31. The first-order valence-corrected chi connectivity index (χ1v) is 6.74. The fourth-order valence-corrected chi connectivity index (χ4v) is 1.89. The zero-order chi connectivity index (χ0) is 16.4. The molecule has 12 heteroatoms. The summed E-state index contributed by atoms with van der Waals surface area (Å²) in [6, 6.07) is 0. The molecule has 1 aliphatic carbocycles. The lowest BCUT2D eigenvalue weighted by Crippen LogP contribution is -2.43. The standard InChI is InChI=1S/C11H14N8O4/c1-22-4-6-7(11(21)15-14-10(20)5-2-3-5)19(18-13-6)9-8(12)16-23-17-9/h5H,2-4H2,1H3,(H2,12,16)(H,14,20)(H,15,21). The fourth-order valence-electron chi connectivity index (χ4n) is 1.89. The smallest absolute Gasteiger partial charge is 0.290 e. The van der Waals surface area contributed by atoms with Crippen molar-refractivity contribution < 1.29 is 19.0 Å². The summed E-state index contributed by atoms with van der Waals surface area (Å²) >= 11 is 0. The molecule has 0 radical (unpaired) electrons. The van der Waals surface area contributed by atoms with Crippen LogP contribution >= 0.6 is 0 Å². The van der Waals surface area contributed by atoms with Crippen LogP contribution in [0.1, 0.15) is 29.0 Å². The summed E-state index contributed by atoms with van der Waals surface area (Å²) in [5, 5.41) is 14.7. The maximum Gasteiger partial charge on any atom is 0.290 e. The third kappa shape index (κ3) is 2.96. The van der Waals surface area contributed by atoms with Crippen molar-refractivity contribution in [2.75, 3.05) is 12.8 Å². The Hall–Kier alpha value is -3.02. The van der Waals surface area contributed by atoms with Gasteiger partial charge in [-0.2, -0.15) is 4.68 Å². The number of nitrogens with one attached hydrogen (secondary N) is 2. The average Bonchev–Trinajstić information content (AvgIpc) is 3.18. The van der Waals surface area contributed by atoms with Gasteiger partial charge in [0.2, 0.25) is 17.5 Å². The normalized spacial score (nSPS) is 13.8. The second kappa shape index (κ2) is 6.00. The first kappa shape index (κ1) is 14.9. The fraction of sp³-hybridized carbons (Fsp3) is 0.455. The average molecular weight is 322 g/mol. The molecular weight excluding hydrogens is 308 g/mol. The van der Waals surface area contributed by atoms with Crippen molar-refractivity contribution >= 4 is 17.6 Å². The van der Waals surface area contributed by atoms with Crippen molar-refractivity contribution in [2.45, 2.75) is 19.4 Å². The number of hydrazine groups is 1. The van der Waals surface area contributed by atoms with E-state index in [2.05, 4.69) is 36.1 Å². The van der Waals surface area contributed by atoms with E-state index >= 15 is 0 Å². The summed E-state index contributed by atoms with van der Waals surface area (Å²) in [7, 11) is 1.45. The molecule has 23 heavy (non-hydrogen) atoms. The molecule has 2 amide bonds. The third-order valence-electron chi connectivity index (χ3n) is 3.18. The maximum absolute atomic E-state index is 12.4. The van der Waals surface area contributed by atoms with Crippen molar-refractivity contribution in [3.8, 4) is 5.82 Å². The zero-order valence-corrected chi connectivity index (χ0v) is 12.1. The molecule has 1 aliphatic rings. The van der Waals surface area contributed by atoms with E-state index in [9.17, 15) is 9.59 Å². The minimum absolute atomic E-state index is 0.00495. The van der Waals surface area contributed by atoms with Crippen molar-refractivity contribution in [1.29, 1.82) is 0 Å². The summed E-state index contributed by atoms with van der Waals surface area (Å²) in [5.41, 5.74) is 10.5. The molecule has 0 unspecified atom stereocenters. The van der Waals surface area contributed by atoms with Gasteiger partial charge in [-0.15, -0.1) is 5.10 Å². The number of nitrogen functional groups attached to an aromatic ring is 1. The molecule has 0 aromatic carbocycles. The Balaban J connectivity index is 1.85. The summed E-state index contributed by atoms with van der Waals surface area (Å²) in [4.78, 5) is 24.0. The molecule has 2 heterocycles. The van der Waals surface area contributed by atoms with E-state index in [-0.39, 0.29) is 41.5 Å². The lowest BCUT2D eigenvalue weighted by molar-refractivity contribution is -0.123. The quantitative estimate of drug-likeness (QED) is 0.558. The predicted molar refractivity (Wildman–Crippen MR) is 72.7 cm³/mol. The van der Waals surface area contributed by atoms with Crippen LogP contribution in [-0.4, -0.2) is 44.2 Å². The van der Waals surface area contributed by atoms with E-state index in [1.54, 1.807) is 0 Å². The Kier molecular flexibility index (Phi) is 3.89. The molecule has 0 atom stereocenters. The van der Waals surface area contributed by atoms with Gasteiger partial charge in [0, 0.05) is 13.0 Å². The molecule has 12 nitrogen and oxygen atoms in total. The molecular formula is C11H14N8O4. The molecule has 122 valence electrons. The van der Waals surface area contributed by atoms with Gasteiger partial charge in [0.15, 0.2) is 5.69 Å². The maximum atomic E-state index is 12.4. The lowest BCUT2D eigenvalue weighted by Gasteiger charge is -2.08. The van der Waals surface area contributed by atoms with Crippen LogP contribution in [0.15, 0.2) is 4.63 Å². The Morgan fingerprint density at radius 2 is 2.17 bits per heavy atom. The van der Waals surface area contributed by atoms with Gasteiger partial charge in [-0.05, 0) is 23.2 Å². The highest BCUT2D eigenvalue weighted by Crippen LogP contribution is 2.28. The molecule has 0 aliphatic heterocycles. The van der Waals surface area contributed by atoms with Crippen LogP contribution in [0.2, 0.25) is 0 Å². The second-order valence-corrected chi connectivity index (χ2v) is 4.92. The molecule has 0 spiro atoms. The minimum Gasteiger partial charge on any atom is -0.378 e. The summed E-state index contributed by atoms with van der Waals surface area (Å²) in [5.74, 6) is -0.979. The van der Waals surface area contributed by atoms with Crippen LogP contribution in [0.5, 0.6) is 0 Å². The minimum atomic E-state index is -0.640. The highest BCUT2D eigenvalue weighted by atomic mass is 16.6. The van der Waals surface area contributed by atoms with Crippen LogP contribution in [-0.2, 0) is 16.1 Å². The van der Waals surface area contributed by atoms with E-state index < -0.39 is 5.91 Å². The number of ether oxygens (including phenoxy) is 1. The van der Waals surface area contributed by atoms with Crippen LogP contribution in [0.3, 0.4) is 0 Å². The lowest BCUT2D eigenvalue weighted by atomic mass is 10.3. The number of carbonyl (C=O) groups excluding carboxylic acids is 2. The SMILES string of the molecule is COCc1nnn(-c2nonc2N)c1C(=O)NNC(=O)C1CC1.